The van der Waals surface area contributed by atoms with Crippen molar-refractivity contribution in [1.29, 1.82) is 0 Å². The van der Waals surface area contributed by atoms with Gasteiger partial charge in [-0.15, -0.1) is 0 Å². The molecule has 0 spiro atoms. The highest BCUT2D eigenvalue weighted by molar-refractivity contribution is 5.89. The average Bonchev–Trinajstić information content (AvgIpc) is 3.23. The quantitative estimate of drug-likeness (QED) is 0.469. The molecule has 0 bridgehead atoms. The summed E-state index contributed by atoms with van der Waals surface area (Å²) in [4.78, 5) is 9.16. The van der Waals surface area contributed by atoms with Gasteiger partial charge in [0.2, 0.25) is 0 Å². The van der Waals surface area contributed by atoms with E-state index in [0.29, 0.717) is 0 Å². The Labute approximate surface area is 126 Å². The van der Waals surface area contributed by atoms with Crippen LogP contribution in [0.5, 0.6) is 0 Å². The Balaban J connectivity index is 2.05. The van der Waals surface area contributed by atoms with E-state index >= 15 is 0 Å². The fraction of sp³-hybridized carbons (Fsp3) is 0. The summed E-state index contributed by atoms with van der Waals surface area (Å²) in [5.74, 6) is 0.942. The Kier molecular flexibility index (Phi) is 2.19. The highest BCUT2D eigenvalue weighted by atomic mass is 15.1. The molecule has 2 aromatic carbocycles. The average molecular weight is 284 g/mol. The third kappa shape index (κ3) is 1.41. The first-order valence-electron chi connectivity index (χ1n) is 7.20. The van der Waals surface area contributed by atoms with Gasteiger partial charge in [-0.25, -0.2) is 9.97 Å². The Morgan fingerprint density at radius 3 is 2.36 bits per heavy atom. The molecule has 0 saturated carbocycles. The summed E-state index contributed by atoms with van der Waals surface area (Å²) in [6.07, 6.45) is 5.72. The third-order valence-electron chi connectivity index (χ3n) is 4.05. The maximum absolute atomic E-state index is 4.66. The van der Waals surface area contributed by atoms with Crippen LogP contribution in [0.2, 0.25) is 0 Å². The number of aromatic nitrogens is 4. The normalized spacial score (nSPS) is 11.6. The fourth-order valence-corrected chi connectivity index (χ4v) is 3.09. The molecule has 0 unspecified atom stereocenters. The molecule has 0 fully saturated rings. The summed E-state index contributed by atoms with van der Waals surface area (Å²) in [6.45, 7) is 0. The molecular weight excluding hydrogens is 272 g/mol. The molecule has 3 aromatic heterocycles. The van der Waals surface area contributed by atoms with Crippen LogP contribution in [0.1, 0.15) is 0 Å². The van der Waals surface area contributed by atoms with Gasteiger partial charge in [-0.1, -0.05) is 42.5 Å². The van der Waals surface area contributed by atoms with E-state index in [1.165, 1.54) is 0 Å². The minimum atomic E-state index is 0.924. The first kappa shape index (κ1) is 11.5. The Hall–Kier alpha value is -3.14. The van der Waals surface area contributed by atoms with Crippen molar-refractivity contribution in [2.75, 3.05) is 0 Å². The molecule has 4 nitrogen and oxygen atoms in total. The molecule has 0 aliphatic rings. The van der Waals surface area contributed by atoms with Gasteiger partial charge in [0.05, 0.1) is 17.2 Å². The van der Waals surface area contributed by atoms with Gasteiger partial charge in [0.25, 0.3) is 0 Å². The first-order chi connectivity index (χ1) is 10.9. The van der Waals surface area contributed by atoms with E-state index in [4.69, 9.17) is 0 Å². The topological polar surface area (TPSA) is 34.6 Å². The van der Waals surface area contributed by atoms with Crippen molar-refractivity contribution < 1.29 is 0 Å². The minimum Gasteiger partial charge on any atom is -0.296 e. The molecule has 0 aliphatic carbocycles. The zero-order valence-electron chi connectivity index (χ0n) is 11.7. The number of nitrogens with zero attached hydrogens (tertiary/aromatic N) is 4. The van der Waals surface area contributed by atoms with E-state index in [1.807, 2.05) is 42.9 Å². The van der Waals surface area contributed by atoms with Crippen molar-refractivity contribution >= 4 is 22.2 Å². The van der Waals surface area contributed by atoms with Crippen LogP contribution in [0.15, 0.2) is 73.2 Å². The van der Waals surface area contributed by atoms with E-state index in [-0.39, 0.29) is 0 Å². The van der Waals surface area contributed by atoms with Gasteiger partial charge in [0, 0.05) is 18.0 Å². The van der Waals surface area contributed by atoms with Crippen LogP contribution in [0.25, 0.3) is 33.6 Å². The molecule has 0 saturated heterocycles. The van der Waals surface area contributed by atoms with Crippen molar-refractivity contribution in [2.24, 2.45) is 0 Å². The smallest absolute Gasteiger partial charge is 0.163 e. The van der Waals surface area contributed by atoms with Gasteiger partial charge in [-0.05, 0) is 12.1 Å². The molecule has 0 aliphatic heterocycles. The number of para-hydroxylation sites is 2. The number of imidazole rings is 2. The van der Waals surface area contributed by atoms with Crippen molar-refractivity contribution in [3.05, 3.63) is 73.2 Å². The van der Waals surface area contributed by atoms with Gasteiger partial charge in [-0.3, -0.25) is 8.80 Å². The summed E-state index contributed by atoms with van der Waals surface area (Å²) in [5.41, 5.74) is 5.29. The highest BCUT2D eigenvalue weighted by Gasteiger charge is 2.14. The highest BCUT2D eigenvalue weighted by Crippen LogP contribution is 2.27. The number of fused-ring (bicyclic) bond motifs is 6. The van der Waals surface area contributed by atoms with E-state index in [2.05, 4.69) is 49.1 Å². The molecule has 5 aromatic rings. The van der Waals surface area contributed by atoms with Crippen LogP contribution in [-0.4, -0.2) is 18.8 Å². The Morgan fingerprint density at radius 2 is 1.50 bits per heavy atom. The molecule has 0 atom stereocenters. The van der Waals surface area contributed by atoms with Gasteiger partial charge in [-0.2, -0.15) is 0 Å². The SMILES string of the molecule is c1ccc(-c2ncc3c4nccn4c4ccccc4n23)cc1. The van der Waals surface area contributed by atoms with Crippen molar-refractivity contribution in [3.63, 3.8) is 0 Å². The second kappa shape index (κ2) is 4.18. The maximum Gasteiger partial charge on any atom is 0.163 e. The van der Waals surface area contributed by atoms with Crippen molar-refractivity contribution in [3.8, 4) is 11.4 Å². The van der Waals surface area contributed by atoms with Gasteiger partial charge < -0.3 is 0 Å². The molecule has 22 heavy (non-hydrogen) atoms. The monoisotopic (exact) mass is 284 g/mol. The lowest BCUT2D eigenvalue weighted by molar-refractivity contribution is 1.17. The molecular formula is C18H12N4. The zero-order valence-corrected chi connectivity index (χ0v) is 11.7. The van der Waals surface area contributed by atoms with Gasteiger partial charge in [0.15, 0.2) is 5.65 Å². The second-order valence-corrected chi connectivity index (χ2v) is 5.28. The van der Waals surface area contributed by atoms with Crippen LogP contribution in [0.3, 0.4) is 0 Å². The lowest BCUT2D eigenvalue weighted by Gasteiger charge is -2.09. The molecule has 3 heterocycles. The fourth-order valence-electron chi connectivity index (χ4n) is 3.09. The molecule has 0 radical (unpaired) electrons. The van der Waals surface area contributed by atoms with Crippen LogP contribution in [0.4, 0.5) is 0 Å². The predicted octanol–water partition coefficient (Wildman–Crippen LogP) is 3.80. The number of benzene rings is 2. The number of hydrogen-bond donors (Lipinski definition) is 0. The molecule has 0 amide bonds. The summed E-state index contributed by atoms with van der Waals surface area (Å²) in [7, 11) is 0. The molecule has 104 valence electrons. The van der Waals surface area contributed by atoms with E-state index in [9.17, 15) is 0 Å². The first-order valence-corrected chi connectivity index (χ1v) is 7.20. The van der Waals surface area contributed by atoms with Crippen LogP contribution in [-0.2, 0) is 0 Å². The summed E-state index contributed by atoms with van der Waals surface area (Å²) >= 11 is 0. The summed E-state index contributed by atoms with van der Waals surface area (Å²) < 4.78 is 4.30. The van der Waals surface area contributed by atoms with E-state index in [1.54, 1.807) is 0 Å². The third-order valence-corrected chi connectivity index (χ3v) is 4.05. The summed E-state index contributed by atoms with van der Waals surface area (Å²) in [6, 6.07) is 18.6. The lowest BCUT2D eigenvalue weighted by atomic mass is 10.2. The molecule has 0 N–H and O–H groups in total. The molecule has 5 rings (SSSR count). The Bertz CT molecular complexity index is 1120. The van der Waals surface area contributed by atoms with Gasteiger partial charge >= 0.3 is 0 Å². The van der Waals surface area contributed by atoms with Crippen LogP contribution >= 0.6 is 0 Å². The maximum atomic E-state index is 4.66. The van der Waals surface area contributed by atoms with E-state index in [0.717, 1.165) is 33.6 Å². The largest absolute Gasteiger partial charge is 0.296 e. The standard InChI is InChI=1S/C18H12N4/c1-2-6-13(7-3-1)17-20-12-16-18-19-10-11-21(18)14-8-4-5-9-15(14)22(16)17/h1-12H. The second-order valence-electron chi connectivity index (χ2n) is 5.28. The zero-order chi connectivity index (χ0) is 14.5. The number of hydrogen-bond acceptors (Lipinski definition) is 2. The number of rotatable bonds is 1. The Morgan fingerprint density at radius 1 is 0.727 bits per heavy atom. The minimum absolute atomic E-state index is 0.924. The van der Waals surface area contributed by atoms with E-state index < -0.39 is 0 Å². The summed E-state index contributed by atoms with van der Waals surface area (Å²) in [5, 5.41) is 0. The van der Waals surface area contributed by atoms with Crippen LogP contribution in [0, 0.1) is 0 Å². The van der Waals surface area contributed by atoms with Gasteiger partial charge in [0.1, 0.15) is 11.3 Å². The van der Waals surface area contributed by atoms with Crippen molar-refractivity contribution in [1.82, 2.24) is 18.8 Å². The molecule has 4 heteroatoms. The predicted molar refractivity (Wildman–Crippen MR) is 86.9 cm³/mol. The van der Waals surface area contributed by atoms with Crippen molar-refractivity contribution in [2.45, 2.75) is 0 Å². The van der Waals surface area contributed by atoms with Crippen LogP contribution < -0.4 is 0 Å². The lowest BCUT2D eigenvalue weighted by Crippen LogP contribution is -1.97.